The number of ether oxygens (including phenoxy) is 1. The van der Waals surface area contributed by atoms with Gasteiger partial charge in [-0.3, -0.25) is 4.90 Å². The standard InChI is InChI=1S/C17H21NO/c1-3-4-17(18-11-13-19-14-12-18)10-9-16-7-5-15(2)6-8-16/h3,5-8,17H,1,4,11-14H2,2H3. The highest BCUT2D eigenvalue weighted by Gasteiger charge is 2.17. The second kappa shape index (κ2) is 7.13. The van der Waals surface area contributed by atoms with Crippen LogP contribution in [0.1, 0.15) is 17.5 Å². The van der Waals surface area contributed by atoms with Crippen LogP contribution in [0.3, 0.4) is 0 Å². The van der Waals surface area contributed by atoms with Gasteiger partial charge in [-0.25, -0.2) is 0 Å². The lowest BCUT2D eigenvalue weighted by molar-refractivity contribution is 0.0278. The van der Waals surface area contributed by atoms with Crippen LogP contribution >= 0.6 is 0 Å². The fourth-order valence-corrected chi connectivity index (χ4v) is 2.15. The number of rotatable bonds is 3. The second-order valence-electron chi connectivity index (χ2n) is 4.82. The molecule has 100 valence electrons. The maximum atomic E-state index is 5.39. The van der Waals surface area contributed by atoms with Crippen molar-refractivity contribution in [3.05, 3.63) is 48.0 Å². The van der Waals surface area contributed by atoms with E-state index in [1.165, 1.54) is 5.56 Å². The van der Waals surface area contributed by atoms with Crippen molar-refractivity contribution in [2.24, 2.45) is 0 Å². The Bertz CT molecular complexity index is 460. The zero-order valence-electron chi connectivity index (χ0n) is 11.6. The zero-order valence-corrected chi connectivity index (χ0v) is 11.6. The molecule has 0 aliphatic carbocycles. The first kappa shape index (κ1) is 13.9. The molecule has 0 bridgehead atoms. The van der Waals surface area contributed by atoms with Crippen LogP contribution in [-0.2, 0) is 4.74 Å². The molecule has 0 spiro atoms. The maximum absolute atomic E-state index is 5.39. The molecule has 0 amide bonds. The van der Waals surface area contributed by atoms with Crippen LogP contribution in [0.2, 0.25) is 0 Å². The highest BCUT2D eigenvalue weighted by atomic mass is 16.5. The van der Waals surface area contributed by atoms with Crippen molar-refractivity contribution in [2.75, 3.05) is 26.3 Å². The second-order valence-corrected chi connectivity index (χ2v) is 4.82. The number of morpholine rings is 1. The monoisotopic (exact) mass is 255 g/mol. The van der Waals surface area contributed by atoms with Crippen molar-refractivity contribution in [3.8, 4) is 11.8 Å². The molecule has 1 unspecified atom stereocenters. The molecule has 19 heavy (non-hydrogen) atoms. The van der Waals surface area contributed by atoms with Gasteiger partial charge in [0.15, 0.2) is 0 Å². The molecule has 0 aromatic heterocycles. The molecule has 2 heteroatoms. The lowest BCUT2D eigenvalue weighted by atomic mass is 10.1. The van der Waals surface area contributed by atoms with Crippen molar-refractivity contribution in [3.63, 3.8) is 0 Å². The minimum Gasteiger partial charge on any atom is -0.379 e. The van der Waals surface area contributed by atoms with E-state index >= 15 is 0 Å². The van der Waals surface area contributed by atoms with Gasteiger partial charge in [0.1, 0.15) is 0 Å². The molecule has 1 aromatic carbocycles. The number of aryl methyl sites for hydroxylation is 1. The van der Waals surface area contributed by atoms with Gasteiger partial charge in [-0.15, -0.1) is 6.58 Å². The first-order valence-electron chi connectivity index (χ1n) is 6.80. The fraction of sp³-hybridized carbons (Fsp3) is 0.412. The highest BCUT2D eigenvalue weighted by molar-refractivity contribution is 5.37. The summed E-state index contributed by atoms with van der Waals surface area (Å²) in [5.74, 6) is 6.65. The van der Waals surface area contributed by atoms with E-state index in [-0.39, 0.29) is 6.04 Å². The molecule has 1 saturated heterocycles. The van der Waals surface area contributed by atoms with Crippen LogP contribution in [0, 0.1) is 18.8 Å². The average molecular weight is 255 g/mol. The molecule has 1 aliphatic heterocycles. The summed E-state index contributed by atoms with van der Waals surface area (Å²) in [6, 6.07) is 8.60. The smallest absolute Gasteiger partial charge is 0.0754 e. The summed E-state index contributed by atoms with van der Waals surface area (Å²) in [6.45, 7) is 9.45. The molecule has 2 rings (SSSR count). The van der Waals surface area contributed by atoms with E-state index < -0.39 is 0 Å². The minimum absolute atomic E-state index is 0.253. The van der Waals surface area contributed by atoms with Crippen LogP contribution in [-0.4, -0.2) is 37.2 Å². The van der Waals surface area contributed by atoms with Crippen molar-refractivity contribution in [2.45, 2.75) is 19.4 Å². The van der Waals surface area contributed by atoms with Gasteiger partial charge in [-0.1, -0.05) is 35.6 Å². The van der Waals surface area contributed by atoms with Crippen molar-refractivity contribution >= 4 is 0 Å². The summed E-state index contributed by atoms with van der Waals surface area (Å²) in [7, 11) is 0. The summed E-state index contributed by atoms with van der Waals surface area (Å²) in [5, 5.41) is 0. The fourth-order valence-electron chi connectivity index (χ4n) is 2.15. The third-order valence-electron chi connectivity index (χ3n) is 3.31. The van der Waals surface area contributed by atoms with E-state index in [2.05, 4.69) is 54.5 Å². The summed E-state index contributed by atoms with van der Waals surface area (Å²) in [6.07, 6.45) is 2.85. The molecule has 1 aromatic rings. The SMILES string of the molecule is C=CCC(C#Cc1ccc(C)cc1)N1CCOCC1. The lowest BCUT2D eigenvalue weighted by Gasteiger charge is -2.30. The van der Waals surface area contributed by atoms with Crippen LogP contribution in [0.4, 0.5) is 0 Å². The Morgan fingerprint density at radius 1 is 1.32 bits per heavy atom. The quantitative estimate of drug-likeness (QED) is 0.608. The van der Waals surface area contributed by atoms with Crippen molar-refractivity contribution < 1.29 is 4.74 Å². The molecule has 1 aliphatic rings. The van der Waals surface area contributed by atoms with E-state index in [4.69, 9.17) is 4.74 Å². The molecule has 0 radical (unpaired) electrons. The summed E-state index contributed by atoms with van der Waals surface area (Å²) in [5.41, 5.74) is 2.34. The number of hydrogen-bond donors (Lipinski definition) is 0. The Morgan fingerprint density at radius 2 is 2.00 bits per heavy atom. The first-order valence-corrected chi connectivity index (χ1v) is 6.80. The lowest BCUT2D eigenvalue weighted by Crippen LogP contribution is -2.42. The normalized spacial score (nSPS) is 17.3. The Balaban J connectivity index is 2.07. The first-order chi connectivity index (χ1) is 9.29. The van der Waals surface area contributed by atoms with Gasteiger partial charge in [0.05, 0.1) is 19.3 Å². The van der Waals surface area contributed by atoms with Crippen LogP contribution < -0.4 is 0 Å². The van der Waals surface area contributed by atoms with E-state index in [0.29, 0.717) is 0 Å². The Morgan fingerprint density at radius 3 is 2.63 bits per heavy atom. The van der Waals surface area contributed by atoms with Crippen molar-refractivity contribution in [1.82, 2.24) is 4.90 Å². The number of hydrogen-bond acceptors (Lipinski definition) is 2. The number of benzene rings is 1. The predicted molar refractivity (Wildman–Crippen MR) is 79.1 cm³/mol. The molecule has 1 fully saturated rings. The third kappa shape index (κ3) is 4.24. The van der Waals surface area contributed by atoms with Gasteiger partial charge in [-0.2, -0.15) is 0 Å². The van der Waals surface area contributed by atoms with Gasteiger partial charge in [-0.05, 0) is 25.5 Å². The van der Waals surface area contributed by atoms with E-state index in [1.54, 1.807) is 0 Å². The number of nitrogens with zero attached hydrogens (tertiary/aromatic N) is 1. The predicted octanol–water partition coefficient (Wildman–Crippen LogP) is 2.62. The molecule has 1 heterocycles. The molecule has 2 nitrogen and oxygen atoms in total. The van der Waals surface area contributed by atoms with Crippen LogP contribution in [0.15, 0.2) is 36.9 Å². The van der Waals surface area contributed by atoms with Gasteiger partial charge < -0.3 is 4.74 Å². The largest absolute Gasteiger partial charge is 0.379 e. The molecular formula is C17H21NO. The summed E-state index contributed by atoms with van der Waals surface area (Å²) < 4.78 is 5.39. The molecule has 1 atom stereocenters. The summed E-state index contributed by atoms with van der Waals surface area (Å²) in [4.78, 5) is 2.38. The van der Waals surface area contributed by atoms with Gasteiger partial charge in [0.25, 0.3) is 0 Å². The average Bonchev–Trinajstić information content (AvgIpc) is 2.46. The third-order valence-corrected chi connectivity index (χ3v) is 3.31. The van der Waals surface area contributed by atoms with Crippen LogP contribution in [0.5, 0.6) is 0 Å². The van der Waals surface area contributed by atoms with Crippen molar-refractivity contribution in [1.29, 1.82) is 0 Å². The zero-order chi connectivity index (χ0) is 13.5. The highest BCUT2D eigenvalue weighted by Crippen LogP contribution is 2.08. The van der Waals surface area contributed by atoms with E-state index in [1.807, 2.05) is 6.08 Å². The van der Waals surface area contributed by atoms with Gasteiger partial charge >= 0.3 is 0 Å². The minimum atomic E-state index is 0.253. The Labute approximate surface area is 116 Å². The summed E-state index contributed by atoms with van der Waals surface area (Å²) >= 11 is 0. The Kier molecular flexibility index (Phi) is 5.20. The molecular weight excluding hydrogens is 234 g/mol. The molecule has 0 N–H and O–H groups in total. The maximum Gasteiger partial charge on any atom is 0.0754 e. The molecule has 0 saturated carbocycles. The van der Waals surface area contributed by atoms with Gasteiger partial charge in [0.2, 0.25) is 0 Å². The van der Waals surface area contributed by atoms with Gasteiger partial charge in [0, 0.05) is 18.7 Å². The topological polar surface area (TPSA) is 12.5 Å². The van der Waals surface area contributed by atoms with Crippen LogP contribution in [0.25, 0.3) is 0 Å². The van der Waals surface area contributed by atoms with E-state index in [9.17, 15) is 0 Å². The van der Waals surface area contributed by atoms with E-state index in [0.717, 1.165) is 38.3 Å². The Hall–Kier alpha value is -1.56.